The molecule has 3 saturated carbocycles. The first-order chi connectivity index (χ1) is 27.3. The second-order valence-corrected chi connectivity index (χ2v) is 16.4. The molecule has 0 aromatic heterocycles. The van der Waals surface area contributed by atoms with Gasteiger partial charge in [0.1, 0.15) is 12.2 Å². The Hall–Kier alpha value is -4.20. The standard InChI is InChI=1S/C48H64O8/c1-3-45(49)53-33-7-9-35-13-17-37(18-14-35)21-23-39-25-29-41(30-26-39)47(51)55-43-11-5-6-12-44(43)56-48(52)42-31-27-40(28-32-42)24-22-38-19-15-36(16-20-38)10-8-34-54-46(50)4-2/h3-4,25-32,35-38,43-44H,1-2,5-24,33-34H2/t35?,36?,37?,38?,43-,44-/m1/s1. The maximum absolute atomic E-state index is 13.2. The van der Waals surface area contributed by atoms with Crippen LogP contribution in [0, 0.1) is 23.7 Å². The van der Waals surface area contributed by atoms with Gasteiger partial charge in [-0.3, -0.25) is 0 Å². The maximum atomic E-state index is 13.2. The van der Waals surface area contributed by atoms with Crippen molar-refractivity contribution in [3.8, 4) is 0 Å². The van der Waals surface area contributed by atoms with E-state index in [1.165, 1.54) is 74.6 Å². The zero-order chi connectivity index (χ0) is 39.5. The van der Waals surface area contributed by atoms with Crippen LogP contribution in [-0.4, -0.2) is 49.3 Å². The highest BCUT2D eigenvalue weighted by Crippen LogP contribution is 2.35. The molecule has 2 atom stereocenters. The molecular formula is C48H64O8. The SMILES string of the molecule is C=CC(=O)OCCCC1CCC(CCc2ccc(C(=O)O[C@@H]3CCCC[C@H]3OC(=O)c3ccc(CCC4CCC(CCCOC(=O)C=C)CC4)cc3)cc2)CC1. The number of carbonyl (C=O) groups excluding carboxylic acids is 4. The van der Waals surface area contributed by atoms with Crippen molar-refractivity contribution < 1.29 is 38.1 Å². The average molecular weight is 769 g/mol. The summed E-state index contributed by atoms with van der Waals surface area (Å²) in [7, 11) is 0. The molecule has 56 heavy (non-hydrogen) atoms. The molecule has 8 nitrogen and oxygen atoms in total. The van der Waals surface area contributed by atoms with E-state index in [0.29, 0.717) is 37.2 Å². The van der Waals surface area contributed by atoms with Gasteiger partial charge in [-0.15, -0.1) is 0 Å². The lowest BCUT2D eigenvalue weighted by atomic mass is 9.78. The molecule has 0 unspecified atom stereocenters. The minimum atomic E-state index is -0.457. The van der Waals surface area contributed by atoms with Crippen molar-refractivity contribution in [3.05, 3.63) is 96.1 Å². The van der Waals surface area contributed by atoms with Gasteiger partial charge in [0.15, 0.2) is 0 Å². The minimum absolute atomic E-state index is 0.343. The van der Waals surface area contributed by atoms with Crippen molar-refractivity contribution in [2.75, 3.05) is 13.2 Å². The Kier molecular flexibility index (Phi) is 17.7. The van der Waals surface area contributed by atoms with Gasteiger partial charge in [0, 0.05) is 12.2 Å². The Morgan fingerprint density at radius 1 is 0.500 bits per heavy atom. The molecule has 0 spiro atoms. The van der Waals surface area contributed by atoms with Crippen LogP contribution in [0.1, 0.15) is 147 Å². The summed E-state index contributed by atoms with van der Waals surface area (Å²) in [5.41, 5.74) is 3.50. The molecule has 0 heterocycles. The lowest BCUT2D eigenvalue weighted by Gasteiger charge is -2.30. The van der Waals surface area contributed by atoms with E-state index in [0.717, 1.165) is 87.9 Å². The predicted octanol–water partition coefficient (Wildman–Crippen LogP) is 10.5. The van der Waals surface area contributed by atoms with Crippen molar-refractivity contribution in [2.45, 2.75) is 141 Å². The number of hydrogen-bond donors (Lipinski definition) is 0. The fraction of sp³-hybridized carbons (Fsp3) is 0.583. The zero-order valence-electron chi connectivity index (χ0n) is 33.5. The summed E-state index contributed by atoms with van der Waals surface area (Å²) in [5, 5.41) is 0. The van der Waals surface area contributed by atoms with Gasteiger partial charge in [0.2, 0.25) is 0 Å². The van der Waals surface area contributed by atoms with Gasteiger partial charge >= 0.3 is 23.9 Å². The lowest BCUT2D eigenvalue weighted by Crippen LogP contribution is -2.37. The number of esters is 4. The van der Waals surface area contributed by atoms with E-state index in [1.54, 1.807) is 0 Å². The van der Waals surface area contributed by atoms with Gasteiger partial charge < -0.3 is 18.9 Å². The Bertz CT molecular complexity index is 1430. The van der Waals surface area contributed by atoms with Gasteiger partial charge in [-0.2, -0.15) is 0 Å². The monoisotopic (exact) mass is 768 g/mol. The molecule has 3 aliphatic rings. The molecule has 2 aromatic rings. The van der Waals surface area contributed by atoms with Crippen LogP contribution in [0.3, 0.4) is 0 Å². The lowest BCUT2D eigenvalue weighted by molar-refractivity contribution is -0.138. The maximum Gasteiger partial charge on any atom is 0.338 e. The number of ether oxygens (including phenoxy) is 4. The van der Waals surface area contributed by atoms with E-state index < -0.39 is 12.2 Å². The minimum Gasteiger partial charge on any atom is -0.463 e. The normalized spacial score (nSPS) is 23.6. The highest BCUT2D eigenvalue weighted by atomic mass is 16.6. The first-order valence-electron chi connectivity index (χ1n) is 21.5. The van der Waals surface area contributed by atoms with Crippen molar-refractivity contribution >= 4 is 23.9 Å². The van der Waals surface area contributed by atoms with Crippen LogP contribution in [0.2, 0.25) is 0 Å². The first-order valence-corrected chi connectivity index (χ1v) is 21.5. The quantitative estimate of drug-likeness (QED) is 0.0567. The van der Waals surface area contributed by atoms with Crippen LogP contribution < -0.4 is 0 Å². The molecule has 0 saturated heterocycles. The van der Waals surface area contributed by atoms with Crippen LogP contribution in [0.4, 0.5) is 0 Å². The highest BCUT2D eigenvalue weighted by Gasteiger charge is 2.32. The largest absolute Gasteiger partial charge is 0.463 e. The molecule has 3 aliphatic carbocycles. The van der Waals surface area contributed by atoms with Crippen LogP contribution in [0.5, 0.6) is 0 Å². The third kappa shape index (κ3) is 14.4. The molecule has 0 radical (unpaired) electrons. The van der Waals surface area contributed by atoms with Crippen LogP contribution in [0.25, 0.3) is 0 Å². The second kappa shape index (κ2) is 23.1. The Morgan fingerprint density at radius 3 is 1.18 bits per heavy atom. The van der Waals surface area contributed by atoms with Crippen LogP contribution >= 0.6 is 0 Å². The molecule has 8 heteroatoms. The molecule has 304 valence electrons. The summed E-state index contributed by atoms with van der Waals surface area (Å²) in [6.45, 7) is 7.82. The Balaban J connectivity index is 0.979. The van der Waals surface area contributed by atoms with Crippen molar-refractivity contribution in [1.82, 2.24) is 0 Å². The molecule has 0 aliphatic heterocycles. The van der Waals surface area contributed by atoms with E-state index in [9.17, 15) is 19.2 Å². The van der Waals surface area contributed by atoms with Gasteiger partial charge in [0.05, 0.1) is 24.3 Å². The van der Waals surface area contributed by atoms with Gasteiger partial charge in [-0.25, -0.2) is 19.2 Å². The summed E-state index contributed by atoms with van der Waals surface area (Å²) < 4.78 is 22.2. The molecule has 0 bridgehead atoms. The second-order valence-electron chi connectivity index (χ2n) is 16.4. The molecule has 0 amide bonds. The summed E-state index contributed by atoms with van der Waals surface area (Å²) in [5.74, 6) is 1.46. The Morgan fingerprint density at radius 2 is 0.839 bits per heavy atom. The molecule has 0 N–H and O–H groups in total. The summed E-state index contributed by atoms with van der Waals surface area (Å²) in [6.07, 6.45) is 23.0. The van der Waals surface area contributed by atoms with Gasteiger partial charge in [0.25, 0.3) is 0 Å². The van der Waals surface area contributed by atoms with E-state index in [-0.39, 0.29) is 23.9 Å². The van der Waals surface area contributed by atoms with E-state index in [1.807, 2.05) is 48.5 Å². The fourth-order valence-corrected chi connectivity index (χ4v) is 8.93. The third-order valence-corrected chi connectivity index (χ3v) is 12.5. The van der Waals surface area contributed by atoms with E-state index >= 15 is 0 Å². The highest BCUT2D eigenvalue weighted by molar-refractivity contribution is 5.90. The zero-order valence-corrected chi connectivity index (χ0v) is 33.5. The molecule has 2 aromatic carbocycles. The summed E-state index contributed by atoms with van der Waals surface area (Å²) in [4.78, 5) is 48.8. The van der Waals surface area contributed by atoms with Crippen molar-refractivity contribution in [2.24, 2.45) is 23.7 Å². The topological polar surface area (TPSA) is 105 Å². The van der Waals surface area contributed by atoms with Gasteiger partial charge in [-0.05, 0) is 136 Å². The van der Waals surface area contributed by atoms with E-state index in [4.69, 9.17) is 18.9 Å². The Labute approximate surface area is 334 Å². The fourth-order valence-electron chi connectivity index (χ4n) is 8.93. The first kappa shape index (κ1) is 42.9. The van der Waals surface area contributed by atoms with Crippen LogP contribution in [-0.2, 0) is 41.4 Å². The van der Waals surface area contributed by atoms with E-state index in [2.05, 4.69) is 13.2 Å². The summed E-state index contributed by atoms with van der Waals surface area (Å²) >= 11 is 0. The average Bonchev–Trinajstić information content (AvgIpc) is 3.24. The number of carbonyl (C=O) groups is 4. The number of hydrogen-bond acceptors (Lipinski definition) is 8. The van der Waals surface area contributed by atoms with Crippen LogP contribution in [0.15, 0.2) is 73.8 Å². The number of aryl methyl sites for hydroxylation is 2. The van der Waals surface area contributed by atoms with Crippen molar-refractivity contribution in [3.63, 3.8) is 0 Å². The smallest absolute Gasteiger partial charge is 0.338 e. The number of rotatable bonds is 20. The molecular weight excluding hydrogens is 705 g/mol. The van der Waals surface area contributed by atoms with Crippen molar-refractivity contribution in [1.29, 1.82) is 0 Å². The predicted molar refractivity (Wildman–Crippen MR) is 218 cm³/mol. The third-order valence-electron chi connectivity index (χ3n) is 12.5. The molecule has 5 rings (SSSR count). The number of benzene rings is 2. The molecule has 3 fully saturated rings. The van der Waals surface area contributed by atoms with Gasteiger partial charge in [-0.1, -0.05) is 88.8 Å². The summed E-state index contributed by atoms with van der Waals surface area (Å²) in [6, 6.07) is 15.6.